The Morgan fingerprint density at radius 3 is 2.69 bits per heavy atom. The van der Waals surface area contributed by atoms with Gasteiger partial charge in [-0.3, -0.25) is 14.5 Å². The van der Waals surface area contributed by atoms with Crippen LogP contribution in [0.3, 0.4) is 0 Å². The van der Waals surface area contributed by atoms with Gasteiger partial charge >= 0.3 is 0 Å². The van der Waals surface area contributed by atoms with Gasteiger partial charge in [0, 0.05) is 25.0 Å². The summed E-state index contributed by atoms with van der Waals surface area (Å²) in [5.74, 6) is -0.220. The van der Waals surface area contributed by atoms with Gasteiger partial charge in [-0.1, -0.05) is 24.3 Å². The Labute approximate surface area is 170 Å². The van der Waals surface area contributed by atoms with Crippen LogP contribution in [-0.2, 0) is 13.5 Å². The molecule has 3 aromatic rings. The van der Waals surface area contributed by atoms with Crippen LogP contribution >= 0.6 is 0 Å². The third kappa shape index (κ3) is 4.38. The summed E-state index contributed by atoms with van der Waals surface area (Å²) in [5.41, 5.74) is 5.72. The van der Waals surface area contributed by atoms with E-state index in [1.165, 1.54) is 0 Å². The number of aryl methyl sites for hydroxylation is 2. The SMILES string of the molecule is Cc1cnc(C(=O)NC2CCC[C@@H]2O)cc1Cc1ccc(-c2ccn(C)n2)cc1. The minimum Gasteiger partial charge on any atom is -0.391 e. The summed E-state index contributed by atoms with van der Waals surface area (Å²) < 4.78 is 1.79. The smallest absolute Gasteiger partial charge is 0.270 e. The molecule has 1 unspecified atom stereocenters. The average Bonchev–Trinajstić information content (AvgIpc) is 3.32. The van der Waals surface area contributed by atoms with Gasteiger partial charge in [-0.05, 0) is 61.4 Å². The quantitative estimate of drug-likeness (QED) is 0.702. The molecule has 1 amide bonds. The molecule has 2 heterocycles. The summed E-state index contributed by atoms with van der Waals surface area (Å²) in [6.07, 6.45) is 6.44. The van der Waals surface area contributed by atoms with Crippen molar-refractivity contribution in [3.8, 4) is 11.3 Å². The number of hydrogen-bond donors (Lipinski definition) is 2. The van der Waals surface area contributed by atoms with Crippen LogP contribution in [-0.4, -0.2) is 37.9 Å². The maximum atomic E-state index is 12.6. The highest BCUT2D eigenvalue weighted by atomic mass is 16.3. The van der Waals surface area contributed by atoms with E-state index in [-0.39, 0.29) is 11.9 Å². The van der Waals surface area contributed by atoms with Crippen LogP contribution in [0.25, 0.3) is 11.3 Å². The van der Waals surface area contributed by atoms with Crippen molar-refractivity contribution >= 4 is 5.91 Å². The number of hydrogen-bond acceptors (Lipinski definition) is 4. The molecule has 0 spiro atoms. The minimum absolute atomic E-state index is 0.173. The molecule has 0 bridgehead atoms. The van der Waals surface area contributed by atoms with E-state index in [0.29, 0.717) is 5.69 Å². The van der Waals surface area contributed by atoms with Crippen LogP contribution in [0.2, 0.25) is 0 Å². The van der Waals surface area contributed by atoms with Crippen molar-refractivity contribution in [2.45, 2.75) is 44.8 Å². The van der Waals surface area contributed by atoms with Crippen LogP contribution in [0.15, 0.2) is 48.8 Å². The minimum atomic E-state index is -0.457. The van der Waals surface area contributed by atoms with Crippen LogP contribution < -0.4 is 5.32 Å². The number of nitrogens with zero attached hydrogens (tertiary/aromatic N) is 3. The number of aliphatic hydroxyl groups excluding tert-OH is 1. The number of carbonyl (C=O) groups is 1. The lowest BCUT2D eigenvalue weighted by Crippen LogP contribution is -2.40. The summed E-state index contributed by atoms with van der Waals surface area (Å²) in [6.45, 7) is 2.01. The average molecular weight is 390 g/mol. The van der Waals surface area contributed by atoms with E-state index < -0.39 is 6.10 Å². The molecule has 0 aliphatic heterocycles. The molecule has 1 saturated carbocycles. The number of benzene rings is 1. The van der Waals surface area contributed by atoms with Crippen molar-refractivity contribution in [2.75, 3.05) is 0 Å². The number of amides is 1. The maximum absolute atomic E-state index is 12.6. The fourth-order valence-corrected chi connectivity index (χ4v) is 3.81. The van der Waals surface area contributed by atoms with E-state index in [9.17, 15) is 9.90 Å². The van der Waals surface area contributed by atoms with Gasteiger partial charge in [0.2, 0.25) is 0 Å². The van der Waals surface area contributed by atoms with Crippen molar-refractivity contribution in [1.29, 1.82) is 0 Å². The fraction of sp³-hybridized carbons (Fsp3) is 0.348. The van der Waals surface area contributed by atoms with Crippen molar-refractivity contribution < 1.29 is 9.90 Å². The molecule has 6 heteroatoms. The molecule has 1 aromatic carbocycles. The van der Waals surface area contributed by atoms with Gasteiger partial charge in [-0.25, -0.2) is 0 Å². The summed E-state index contributed by atoms with van der Waals surface area (Å²) in [5, 5.41) is 17.3. The van der Waals surface area contributed by atoms with Gasteiger partial charge in [-0.15, -0.1) is 0 Å². The first kappa shape index (κ1) is 19.3. The number of aliphatic hydroxyl groups is 1. The van der Waals surface area contributed by atoms with E-state index >= 15 is 0 Å². The standard InChI is InChI=1S/C23H26N4O2/c1-15-14-24-21(23(29)25-20-4-3-5-22(20)28)13-18(15)12-16-6-8-17(9-7-16)19-10-11-27(2)26-19/h6-11,13-14,20,22,28H,3-5,12H2,1-2H3,(H,25,29)/t20?,22-/m0/s1. The van der Waals surface area contributed by atoms with Crippen LogP contribution in [0, 0.1) is 6.92 Å². The van der Waals surface area contributed by atoms with Gasteiger partial charge < -0.3 is 10.4 Å². The van der Waals surface area contributed by atoms with E-state index in [0.717, 1.165) is 53.6 Å². The summed E-state index contributed by atoms with van der Waals surface area (Å²) >= 11 is 0. The van der Waals surface area contributed by atoms with Crippen molar-refractivity contribution in [1.82, 2.24) is 20.1 Å². The Morgan fingerprint density at radius 2 is 2.03 bits per heavy atom. The second-order valence-electron chi connectivity index (χ2n) is 7.82. The highest BCUT2D eigenvalue weighted by Crippen LogP contribution is 2.21. The lowest BCUT2D eigenvalue weighted by molar-refractivity contribution is 0.0868. The Bertz CT molecular complexity index is 1010. The highest BCUT2D eigenvalue weighted by Gasteiger charge is 2.27. The zero-order valence-corrected chi connectivity index (χ0v) is 16.8. The topological polar surface area (TPSA) is 80.0 Å². The maximum Gasteiger partial charge on any atom is 0.270 e. The molecule has 2 N–H and O–H groups in total. The molecule has 1 aliphatic rings. The third-order valence-corrected chi connectivity index (χ3v) is 5.60. The van der Waals surface area contributed by atoms with E-state index in [2.05, 4.69) is 39.7 Å². The van der Waals surface area contributed by atoms with Crippen LogP contribution in [0.4, 0.5) is 0 Å². The molecule has 6 nitrogen and oxygen atoms in total. The van der Waals surface area contributed by atoms with Crippen molar-refractivity contribution in [2.24, 2.45) is 7.05 Å². The zero-order valence-electron chi connectivity index (χ0n) is 16.8. The molecule has 2 atom stereocenters. The zero-order chi connectivity index (χ0) is 20.4. The summed E-state index contributed by atoms with van der Waals surface area (Å²) in [6, 6.07) is 12.0. The molecule has 1 fully saturated rings. The van der Waals surface area contributed by atoms with Crippen molar-refractivity contribution in [3.05, 3.63) is 71.2 Å². The Kier molecular flexibility index (Phi) is 5.45. The van der Waals surface area contributed by atoms with Crippen LogP contribution in [0.1, 0.15) is 46.4 Å². The Hall–Kier alpha value is -2.99. The van der Waals surface area contributed by atoms with Crippen LogP contribution in [0.5, 0.6) is 0 Å². The first-order valence-corrected chi connectivity index (χ1v) is 10.0. The van der Waals surface area contributed by atoms with Gasteiger partial charge in [-0.2, -0.15) is 5.10 Å². The lowest BCUT2D eigenvalue weighted by atomic mass is 9.99. The Balaban J connectivity index is 1.48. The summed E-state index contributed by atoms with van der Waals surface area (Å²) in [7, 11) is 1.91. The molecular formula is C23H26N4O2. The first-order valence-electron chi connectivity index (χ1n) is 10.0. The predicted octanol–water partition coefficient (Wildman–Crippen LogP) is 3.02. The highest BCUT2D eigenvalue weighted by molar-refractivity contribution is 5.92. The number of rotatable bonds is 5. The van der Waals surface area contributed by atoms with Gasteiger partial charge in [0.15, 0.2) is 0 Å². The molecular weight excluding hydrogens is 364 g/mol. The molecule has 4 rings (SSSR count). The van der Waals surface area contributed by atoms with Gasteiger partial charge in [0.05, 0.1) is 17.8 Å². The molecule has 150 valence electrons. The molecule has 0 radical (unpaired) electrons. The van der Waals surface area contributed by atoms with E-state index in [1.807, 2.05) is 32.3 Å². The van der Waals surface area contributed by atoms with E-state index in [1.54, 1.807) is 10.9 Å². The number of aromatic nitrogens is 3. The molecule has 1 aliphatic carbocycles. The van der Waals surface area contributed by atoms with Gasteiger partial charge in [0.25, 0.3) is 5.91 Å². The number of nitrogens with one attached hydrogen (secondary N) is 1. The molecule has 0 saturated heterocycles. The first-order chi connectivity index (χ1) is 14.0. The molecule has 2 aromatic heterocycles. The van der Waals surface area contributed by atoms with Gasteiger partial charge in [0.1, 0.15) is 5.69 Å². The van der Waals surface area contributed by atoms with Crippen molar-refractivity contribution in [3.63, 3.8) is 0 Å². The second kappa shape index (κ2) is 8.17. The normalized spacial score (nSPS) is 18.7. The Morgan fingerprint density at radius 1 is 1.24 bits per heavy atom. The third-order valence-electron chi connectivity index (χ3n) is 5.60. The lowest BCUT2D eigenvalue weighted by Gasteiger charge is -2.16. The second-order valence-corrected chi connectivity index (χ2v) is 7.82. The fourth-order valence-electron chi connectivity index (χ4n) is 3.81. The molecule has 29 heavy (non-hydrogen) atoms. The predicted molar refractivity (Wildman–Crippen MR) is 112 cm³/mol. The largest absolute Gasteiger partial charge is 0.391 e. The number of pyridine rings is 1. The van der Waals surface area contributed by atoms with E-state index in [4.69, 9.17) is 0 Å². The monoisotopic (exact) mass is 390 g/mol. The summed E-state index contributed by atoms with van der Waals surface area (Å²) in [4.78, 5) is 16.9. The number of carbonyl (C=O) groups excluding carboxylic acids is 1.